The van der Waals surface area contributed by atoms with E-state index < -0.39 is 0 Å². The summed E-state index contributed by atoms with van der Waals surface area (Å²) in [5.41, 5.74) is 1.41. The van der Waals surface area contributed by atoms with Crippen molar-refractivity contribution in [2.24, 2.45) is 0 Å². The second kappa shape index (κ2) is 9.13. The fraction of sp³-hybridized carbons (Fsp3) is 0.474. The molecule has 1 amide bonds. The highest BCUT2D eigenvalue weighted by molar-refractivity contribution is 5.99. The Balaban J connectivity index is 2.04. The van der Waals surface area contributed by atoms with Gasteiger partial charge < -0.3 is 9.64 Å². The van der Waals surface area contributed by atoms with Crippen molar-refractivity contribution in [2.45, 2.75) is 39.0 Å². The lowest BCUT2D eigenvalue weighted by Gasteiger charge is -2.27. The van der Waals surface area contributed by atoms with Crippen molar-refractivity contribution in [3.63, 3.8) is 0 Å². The third-order valence-corrected chi connectivity index (χ3v) is 3.98. The SMILES string of the molecule is CCCCOC(=O)/C=C/c1ccccc1C(=O)N1CCCCC1. The molecule has 0 aromatic heterocycles. The lowest BCUT2D eigenvalue weighted by atomic mass is 10.0. The minimum absolute atomic E-state index is 0.0456. The summed E-state index contributed by atoms with van der Waals surface area (Å²) in [6, 6.07) is 7.40. The molecule has 1 fully saturated rings. The molecule has 23 heavy (non-hydrogen) atoms. The molecule has 0 N–H and O–H groups in total. The molecule has 0 radical (unpaired) electrons. The monoisotopic (exact) mass is 315 g/mol. The zero-order valence-electron chi connectivity index (χ0n) is 13.8. The van der Waals surface area contributed by atoms with Crippen molar-refractivity contribution in [3.8, 4) is 0 Å². The van der Waals surface area contributed by atoms with Gasteiger partial charge in [-0.2, -0.15) is 0 Å². The number of piperidine rings is 1. The largest absolute Gasteiger partial charge is 0.463 e. The second-order valence-electron chi connectivity index (χ2n) is 5.79. The Hall–Kier alpha value is -2.10. The Bertz CT molecular complexity index is 559. The number of benzene rings is 1. The molecule has 4 heteroatoms. The van der Waals surface area contributed by atoms with Gasteiger partial charge in [-0.05, 0) is 43.4 Å². The van der Waals surface area contributed by atoms with Crippen molar-refractivity contribution in [2.75, 3.05) is 19.7 Å². The number of carbonyl (C=O) groups excluding carboxylic acids is 2. The summed E-state index contributed by atoms with van der Waals surface area (Å²) >= 11 is 0. The topological polar surface area (TPSA) is 46.6 Å². The van der Waals surface area contributed by atoms with Crippen molar-refractivity contribution in [1.82, 2.24) is 4.90 Å². The van der Waals surface area contributed by atoms with E-state index in [0.717, 1.165) is 44.3 Å². The Morgan fingerprint density at radius 2 is 1.91 bits per heavy atom. The number of carbonyl (C=O) groups is 2. The molecule has 0 saturated carbocycles. The number of unbranched alkanes of at least 4 members (excludes halogenated alkanes) is 1. The molecule has 0 aliphatic carbocycles. The van der Waals surface area contributed by atoms with E-state index in [4.69, 9.17) is 4.74 Å². The molecule has 124 valence electrons. The van der Waals surface area contributed by atoms with Crippen LogP contribution in [0.1, 0.15) is 54.9 Å². The Kier molecular flexibility index (Phi) is 6.85. The van der Waals surface area contributed by atoms with E-state index in [2.05, 4.69) is 0 Å². The summed E-state index contributed by atoms with van der Waals surface area (Å²) in [5.74, 6) is -0.317. The van der Waals surface area contributed by atoms with Gasteiger partial charge >= 0.3 is 5.97 Å². The molecule has 0 atom stereocenters. The lowest BCUT2D eigenvalue weighted by molar-refractivity contribution is -0.137. The summed E-state index contributed by atoms with van der Waals surface area (Å²) in [5, 5.41) is 0. The quantitative estimate of drug-likeness (QED) is 0.457. The number of hydrogen-bond donors (Lipinski definition) is 0. The zero-order valence-corrected chi connectivity index (χ0v) is 13.8. The van der Waals surface area contributed by atoms with Crippen LogP contribution in [-0.2, 0) is 9.53 Å². The third kappa shape index (κ3) is 5.23. The first-order chi connectivity index (χ1) is 11.2. The maximum atomic E-state index is 12.7. The van der Waals surface area contributed by atoms with E-state index >= 15 is 0 Å². The average Bonchev–Trinajstić information content (AvgIpc) is 2.60. The van der Waals surface area contributed by atoms with E-state index in [0.29, 0.717) is 12.2 Å². The normalized spacial score (nSPS) is 14.9. The molecule has 0 bridgehead atoms. The third-order valence-electron chi connectivity index (χ3n) is 3.98. The Labute approximate surface area is 138 Å². The molecule has 1 aliphatic rings. The van der Waals surface area contributed by atoms with Crippen LogP contribution in [0.5, 0.6) is 0 Å². The van der Waals surface area contributed by atoms with Crippen LogP contribution in [0.2, 0.25) is 0 Å². The predicted molar refractivity (Wildman–Crippen MR) is 91.1 cm³/mol. The van der Waals surface area contributed by atoms with Crippen molar-refractivity contribution >= 4 is 18.0 Å². The van der Waals surface area contributed by atoms with Crippen LogP contribution in [-0.4, -0.2) is 36.5 Å². The summed E-state index contributed by atoms with van der Waals surface area (Å²) in [6.07, 6.45) is 8.24. The average molecular weight is 315 g/mol. The van der Waals surface area contributed by atoms with Crippen LogP contribution in [0.4, 0.5) is 0 Å². The van der Waals surface area contributed by atoms with Crippen LogP contribution in [0, 0.1) is 0 Å². The maximum absolute atomic E-state index is 12.7. The van der Waals surface area contributed by atoms with Crippen LogP contribution in [0.3, 0.4) is 0 Å². The minimum Gasteiger partial charge on any atom is -0.463 e. The van der Waals surface area contributed by atoms with Gasteiger partial charge in [0.05, 0.1) is 6.61 Å². The molecular formula is C19H25NO3. The minimum atomic E-state index is -0.362. The first kappa shape index (κ1) is 17.3. The highest BCUT2D eigenvalue weighted by atomic mass is 16.5. The number of likely N-dealkylation sites (tertiary alicyclic amines) is 1. The van der Waals surface area contributed by atoms with Crippen LogP contribution in [0.15, 0.2) is 30.3 Å². The molecular weight excluding hydrogens is 290 g/mol. The van der Waals surface area contributed by atoms with Crippen molar-refractivity contribution in [1.29, 1.82) is 0 Å². The number of rotatable bonds is 6. The van der Waals surface area contributed by atoms with Gasteiger partial charge in [0.15, 0.2) is 0 Å². The molecule has 0 spiro atoms. The first-order valence-corrected chi connectivity index (χ1v) is 8.45. The van der Waals surface area contributed by atoms with Gasteiger partial charge in [0.1, 0.15) is 0 Å². The molecule has 0 unspecified atom stereocenters. The second-order valence-corrected chi connectivity index (χ2v) is 5.79. The number of nitrogens with zero attached hydrogens (tertiary/aromatic N) is 1. The summed E-state index contributed by atoms with van der Waals surface area (Å²) in [6.45, 7) is 4.12. The van der Waals surface area contributed by atoms with E-state index in [1.54, 1.807) is 6.08 Å². The van der Waals surface area contributed by atoms with Gasteiger partial charge in [-0.15, -0.1) is 0 Å². The zero-order chi connectivity index (χ0) is 16.5. The smallest absolute Gasteiger partial charge is 0.330 e. The van der Waals surface area contributed by atoms with Gasteiger partial charge in [-0.25, -0.2) is 4.79 Å². The van der Waals surface area contributed by atoms with Gasteiger partial charge in [0.2, 0.25) is 0 Å². The lowest BCUT2D eigenvalue weighted by Crippen LogP contribution is -2.35. The highest BCUT2D eigenvalue weighted by Crippen LogP contribution is 2.17. The Morgan fingerprint density at radius 1 is 1.17 bits per heavy atom. The molecule has 1 aromatic rings. The van der Waals surface area contributed by atoms with E-state index in [1.807, 2.05) is 36.1 Å². The van der Waals surface area contributed by atoms with E-state index in [9.17, 15) is 9.59 Å². The molecule has 4 nitrogen and oxygen atoms in total. The number of esters is 1. The van der Waals surface area contributed by atoms with Crippen molar-refractivity contribution < 1.29 is 14.3 Å². The van der Waals surface area contributed by atoms with Gasteiger partial charge in [-0.1, -0.05) is 31.5 Å². The summed E-state index contributed by atoms with van der Waals surface area (Å²) in [7, 11) is 0. The fourth-order valence-corrected chi connectivity index (χ4v) is 2.63. The molecule has 1 heterocycles. The maximum Gasteiger partial charge on any atom is 0.330 e. The molecule has 1 aliphatic heterocycles. The van der Waals surface area contributed by atoms with Crippen LogP contribution in [0.25, 0.3) is 6.08 Å². The number of hydrogen-bond acceptors (Lipinski definition) is 3. The van der Waals surface area contributed by atoms with Gasteiger partial charge in [0, 0.05) is 24.7 Å². The molecule has 2 rings (SSSR count). The Morgan fingerprint density at radius 3 is 2.65 bits per heavy atom. The fourth-order valence-electron chi connectivity index (χ4n) is 2.63. The summed E-state index contributed by atoms with van der Waals surface area (Å²) < 4.78 is 5.10. The standard InChI is InChI=1S/C19H25NO3/c1-2-3-15-23-18(21)12-11-16-9-5-6-10-17(16)19(22)20-13-7-4-8-14-20/h5-6,9-12H,2-4,7-8,13-15H2,1H3/b12-11+. The number of ether oxygens (including phenoxy) is 1. The van der Waals surface area contributed by atoms with Crippen LogP contribution < -0.4 is 0 Å². The van der Waals surface area contributed by atoms with E-state index in [1.165, 1.54) is 12.5 Å². The number of amides is 1. The first-order valence-electron chi connectivity index (χ1n) is 8.45. The molecule has 1 saturated heterocycles. The van der Waals surface area contributed by atoms with Crippen molar-refractivity contribution in [3.05, 3.63) is 41.5 Å². The molecule has 1 aromatic carbocycles. The highest BCUT2D eigenvalue weighted by Gasteiger charge is 2.19. The van der Waals surface area contributed by atoms with E-state index in [-0.39, 0.29) is 11.9 Å². The van der Waals surface area contributed by atoms with Gasteiger partial charge in [0.25, 0.3) is 5.91 Å². The van der Waals surface area contributed by atoms with Gasteiger partial charge in [-0.3, -0.25) is 4.79 Å². The summed E-state index contributed by atoms with van der Waals surface area (Å²) in [4.78, 5) is 26.2. The van der Waals surface area contributed by atoms with Crippen LogP contribution >= 0.6 is 0 Å². The predicted octanol–water partition coefficient (Wildman–Crippen LogP) is 3.67.